The van der Waals surface area contributed by atoms with Crippen LogP contribution in [0, 0.1) is 5.41 Å². The number of methoxy groups -OCH3 is 2. The second-order valence-corrected chi connectivity index (χ2v) is 5.83. The highest BCUT2D eigenvalue weighted by molar-refractivity contribution is 6.15. The Morgan fingerprint density at radius 2 is 1.91 bits per heavy atom. The molecule has 0 saturated carbocycles. The average molecular weight is 298 g/mol. The lowest BCUT2D eigenvalue weighted by Crippen LogP contribution is -2.41. The summed E-state index contributed by atoms with van der Waals surface area (Å²) < 4.78 is 10.1. The zero-order valence-corrected chi connectivity index (χ0v) is 12.9. The molecule has 22 heavy (non-hydrogen) atoms. The molecule has 1 aliphatic rings. The summed E-state index contributed by atoms with van der Waals surface area (Å²) in [4.78, 5) is 24.8. The predicted molar refractivity (Wildman–Crippen MR) is 83.3 cm³/mol. The Labute approximate surface area is 129 Å². The summed E-state index contributed by atoms with van der Waals surface area (Å²) >= 11 is 0. The Morgan fingerprint density at radius 3 is 2.59 bits per heavy atom. The summed E-state index contributed by atoms with van der Waals surface area (Å²) in [6.45, 7) is 1.67. The van der Waals surface area contributed by atoms with Gasteiger partial charge in [0.15, 0.2) is 5.78 Å². The van der Waals surface area contributed by atoms with E-state index in [1.165, 1.54) is 7.11 Å². The highest BCUT2D eigenvalue weighted by Crippen LogP contribution is 2.39. The van der Waals surface area contributed by atoms with Gasteiger partial charge in [0.25, 0.3) is 0 Å². The van der Waals surface area contributed by atoms with Crippen LogP contribution in [0.25, 0.3) is 10.8 Å². The second kappa shape index (κ2) is 5.13. The van der Waals surface area contributed by atoms with E-state index in [9.17, 15) is 9.59 Å². The van der Waals surface area contributed by atoms with Crippen molar-refractivity contribution in [3.63, 3.8) is 0 Å². The van der Waals surface area contributed by atoms with E-state index in [1.807, 2.05) is 30.3 Å². The van der Waals surface area contributed by atoms with Crippen molar-refractivity contribution in [3.8, 4) is 5.75 Å². The van der Waals surface area contributed by atoms with Gasteiger partial charge in [-0.3, -0.25) is 9.59 Å². The number of carbonyl (C=O) groups excluding carboxylic acids is 2. The van der Waals surface area contributed by atoms with Crippen LogP contribution in [-0.4, -0.2) is 26.0 Å². The molecule has 1 aliphatic carbocycles. The molecule has 3 rings (SSSR count). The van der Waals surface area contributed by atoms with E-state index >= 15 is 0 Å². The quantitative estimate of drug-likeness (QED) is 0.631. The van der Waals surface area contributed by atoms with Crippen molar-refractivity contribution in [2.24, 2.45) is 5.41 Å². The first kappa shape index (κ1) is 14.6. The lowest BCUT2D eigenvalue weighted by molar-refractivity contribution is -0.149. The minimum Gasteiger partial charge on any atom is -0.497 e. The maximum Gasteiger partial charge on any atom is 0.319 e. The van der Waals surface area contributed by atoms with E-state index in [-0.39, 0.29) is 5.78 Å². The number of hydrogen-bond acceptors (Lipinski definition) is 4. The summed E-state index contributed by atoms with van der Waals surface area (Å²) in [5, 5.41) is 2.08. The number of Topliss-reactive ketones (excluding diaryl/α,β-unsaturated/α-hetero) is 1. The van der Waals surface area contributed by atoms with Crippen LogP contribution in [0.1, 0.15) is 29.3 Å². The molecule has 0 fully saturated rings. The van der Waals surface area contributed by atoms with Crippen molar-refractivity contribution < 1.29 is 19.1 Å². The number of aryl methyl sites for hydroxylation is 1. The van der Waals surface area contributed by atoms with Crippen LogP contribution in [0.2, 0.25) is 0 Å². The summed E-state index contributed by atoms with van der Waals surface area (Å²) in [5.74, 6) is 0.133. The standard InChI is InChI=1S/C18H18O4/c1-18(17(20)22-3)9-8-13-14(16(18)19)7-5-11-4-6-12(21-2)10-15(11)13/h4-7,10H,8-9H2,1-3H3/t18-/m0/s1. The Morgan fingerprint density at radius 1 is 1.18 bits per heavy atom. The highest BCUT2D eigenvalue weighted by Gasteiger charge is 2.46. The Balaban J connectivity index is 2.18. The first-order valence-corrected chi connectivity index (χ1v) is 7.24. The van der Waals surface area contributed by atoms with E-state index in [2.05, 4.69) is 0 Å². The minimum atomic E-state index is -1.09. The number of fused-ring (bicyclic) bond motifs is 3. The predicted octanol–water partition coefficient (Wildman–Crippen LogP) is 3.16. The van der Waals surface area contributed by atoms with Gasteiger partial charge in [-0.2, -0.15) is 0 Å². The molecule has 0 spiro atoms. The third-order valence-corrected chi connectivity index (χ3v) is 4.60. The van der Waals surface area contributed by atoms with Crippen LogP contribution in [-0.2, 0) is 16.0 Å². The smallest absolute Gasteiger partial charge is 0.319 e. The van der Waals surface area contributed by atoms with E-state index in [0.717, 1.165) is 22.1 Å². The summed E-state index contributed by atoms with van der Waals surface area (Å²) in [5.41, 5.74) is 0.511. The lowest BCUT2D eigenvalue weighted by Gasteiger charge is -2.31. The maximum atomic E-state index is 12.8. The Kier molecular flexibility index (Phi) is 3.39. The Hall–Kier alpha value is -2.36. The fraction of sp³-hybridized carbons (Fsp3) is 0.333. The van der Waals surface area contributed by atoms with Crippen LogP contribution in [0.5, 0.6) is 5.75 Å². The van der Waals surface area contributed by atoms with Gasteiger partial charge >= 0.3 is 5.97 Å². The number of esters is 1. The molecule has 4 heteroatoms. The van der Waals surface area contributed by atoms with Crippen molar-refractivity contribution in [1.29, 1.82) is 0 Å². The molecule has 0 amide bonds. The number of ketones is 1. The molecular weight excluding hydrogens is 280 g/mol. The van der Waals surface area contributed by atoms with Gasteiger partial charge in [0.05, 0.1) is 14.2 Å². The molecule has 114 valence electrons. The van der Waals surface area contributed by atoms with Gasteiger partial charge < -0.3 is 9.47 Å². The van der Waals surface area contributed by atoms with E-state index in [1.54, 1.807) is 14.0 Å². The van der Waals surface area contributed by atoms with Crippen LogP contribution < -0.4 is 4.74 Å². The molecule has 0 radical (unpaired) electrons. The summed E-state index contributed by atoms with van der Waals surface area (Å²) in [6, 6.07) is 9.55. The van der Waals surface area contributed by atoms with E-state index in [4.69, 9.17) is 9.47 Å². The van der Waals surface area contributed by atoms with Crippen molar-refractivity contribution in [3.05, 3.63) is 41.5 Å². The molecular formula is C18H18O4. The van der Waals surface area contributed by atoms with E-state index < -0.39 is 11.4 Å². The SMILES string of the molecule is COC(=O)[C@@]1(C)CCc2c(ccc3ccc(OC)cc23)C1=O. The zero-order chi connectivity index (χ0) is 15.9. The molecule has 2 aromatic carbocycles. The molecule has 0 aromatic heterocycles. The van der Waals surface area contributed by atoms with Gasteiger partial charge in [-0.1, -0.05) is 18.2 Å². The molecule has 0 aliphatic heterocycles. The molecule has 4 nitrogen and oxygen atoms in total. The van der Waals surface area contributed by atoms with Crippen molar-refractivity contribution >= 4 is 22.5 Å². The molecule has 2 aromatic rings. The second-order valence-electron chi connectivity index (χ2n) is 5.83. The van der Waals surface area contributed by atoms with Crippen molar-refractivity contribution in [2.45, 2.75) is 19.8 Å². The number of carbonyl (C=O) groups is 2. The first-order chi connectivity index (χ1) is 10.5. The molecule has 0 N–H and O–H groups in total. The van der Waals surface area contributed by atoms with Gasteiger partial charge in [0, 0.05) is 5.56 Å². The Bertz CT molecular complexity index is 778. The summed E-state index contributed by atoms with van der Waals surface area (Å²) in [6.07, 6.45) is 1.12. The molecule has 0 saturated heterocycles. The fourth-order valence-electron chi connectivity index (χ4n) is 3.18. The third-order valence-electron chi connectivity index (χ3n) is 4.60. The van der Waals surface area contributed by atoms with Gasteiger partial charge in [-0.15, -0.1) is 0 Å². The first-order valence-electron chi connectivity index (χ1n) is 7.24. The van der Waals surface area contributed by atoms with Crippen LogP contribution in [0.15, 0.2) is 30.3 Å². The molecule has 0 heterocycles. The average Bonchev–Trinajstić information content (AvgIpc) is 2.56. The molecule has 0 bridgehead atoms. The highest BCUT2D eigenvalue weighted by atomic mass is 16.5. The number of ether oxygens (including phenoxy) is 2. The number of benzene rings is 2. The van der Waals surface area contributed by atoms with Crippen molar-refractivity contribution in [1.82, 2.24) is 0 Å². The number of rotatable bonds is 2. The van der Waals surface area contributed by atoms with Crippen LogP contribution in [0.3, 0.4) is 0 Å². The molecule has 1 atom stereocenters. The maximum absolute atomic E-state index is 12.8. The van der Waals surface area contributed by atoms with E-state index in [0.29, 0.717) is 18.4 Å². The van der Waals surface area contributed by atoms with Gasteiger partial charge in [0.2, 0.25) is 0 Å². The van der Waals surface area contributed by atoms with Crippen LogP contribution in [0.4, 0.5) is 0 Å². The lowest BCUT2D eigenvalue weighted by atomic mass is 9.71. The van der Waals surface area contributed by atoms with Crippen molar-refractivity contribution in [2.75, 3.05) is 14.2 Å². The monoisotopic (exact) mass is 298 g/mol. The fourth-order valence-corrected chi connectivity index (χ4v) is 3.18. The van der Waals surface area contributed by atoms with Crippen LogP contribution >= 0.6 is 0 Å². The van der Waals surface area contributed by atoms with Gasteiger partial charge in [-0.25, -0.2) is 0 Å². The zero-order valence-electron chi connectivity index (χ0n) is 12.9. The molecule has 0 unspecified atom stereocenters. The normalized spacial score (nSPS) is 20.6. The minimum absolute atomic E-state index is 0.162. The summed E-state index contributed by atoms with van der Waals surface area (Å²) in [7, 11) is 2.94. The van der Waals surface area contributed by atoms with Gasteiger partial charge in [0.1, 0.15) is 11.2 Å². The number of hydrogen-bond donors (Lipinski definition) is 0. The largest absolute Gasteiger partial charge is 0.497 e. The topological polar surface area (TPSA) is 52.6 Å². The van der Waals surface area contributed by atoms with Gasteiger partial charge in [-0.05, 0) is 48.2 Å². The third kappa shape index (κ3) is 1.98.